The minimum atomic E-state index is -0.125. The molecule has 0 radical (unpaired) electrons. The smallest absolute Gasteiger partial charge is 0.130 e. The van der Waals surface area contributed by atoms with Crippen LogP contribution in [0.15, 0.2) is 91.5 Å². The molecular weight excluding hydrogens is 382 g/mol. The van der Waals surface area contributed by atoms with E-state index in [-0.39, 0.29) is 5.41 Å². The van der Waals surface area contributed by atoms with Crippen molar-refractivity contribution in [3.05, 3.63) is 108 Å². The van der Waals surface area contributed by atoms with E-state index in [1.807, 2.05) is 30.3 Å². The van der Waals surface area contributed by atoms with Crippen LogP contribution >= 0.6 is 0 Å². The summed E-state index contributed by atoms with van der Waals surface area (Å²) in [5.41, 5.74) is 5.29. The summed E-state index contributed by atoms with van der Waals surface area (Å²) in [6, 6.07) is 23.0. The molecule has 4 aromatic rings. The zero-order valence-electron chi connectivity index (χ0n) is 18.2. The number of benzene rings is 2. The van der Waals surface area contributed by atoms with Crippen molar-refractivity contribution in [2.24, 2.45) is 5.92 Å². The average molecular weight is 410 g/mol. The van der Waals surface area contributed by atoms with Gasteiger partial charge in [0.2, 0.25) is 0 Å². The minimum Gasteiger partial charge on any atom is -0.487 e. The van der Waals surface area contributed by atoms with Crippen molar-refractivity contribution in [2.45, 2.75) is 32.8 Å². The molecule has 0 fully saturated rings. The average Bonchev–Trinajstić information content (AvgIpc) is 2.84. The first-order valence-corrected chi connectivity index (χ1v) is 10.6. The summed E-state index contributed by atoms with van der Waals surface area (Å²) in [7, 11) is 0. The van der Waals surface area contributed by atoms with E-state index in [1.165, 1.54) is 11.1 Å². The van der Waals surface area contributed by atoms with Crippen LogP contribution in [-0.2, 0) is 12.0 Å². The third-order valence-corrected chi connectivity index (χ3v) is 6.07. The van der Waals surface area contributed by atoms with Crippen molar-refractivity contribution >= 4 is 0 Å². The van der Waals surface area contributed by atoms with Gasteiger partial charge < -0.3 is 4.74 Å². The molecule has 1 atom stereocenters. The van der Waals surface area contributed by atoms with Gasteiger partial charge in [-0.2, -0.15) is 0 Å². The number of nitrogens with zero attached hydrogens (tertiary/aromatic N) is 3. The number of aromatic nitrogens is 3. The molecule has 2 aromatic carbocycles. The second kappa shape index (κ2) is 9.09. The molecule has 0 N–H and O–H groups in total. The summed E-state index contributed by atoms with van der Waals surface area (Å²) in [6.07, 6.45) is 6.99. The second-order valence-electron chi connectivity index (χ2n) is 8.16. The predicted molar refractivity (Wildman–Crippen MR) is 124 cm³/mol. The van der Waals surface area contributed by atoms with E-state index < -0.39 is 0 Å². The maximum atomic E-state index is 5.92. The fourth-order valence-electron chi connectivity index (χ4n) is 3.81. The fraction of sp³-hybridized carbons (Fsp3) is 0.222. The molecule has 0 amide bonds. The molecule has 31 heavy (non-hydrogen) atoms. The van der Waals surface area contributed by atoms with Gasteiger partial charge in [0.25, 0.3) is 0 Å². The zero-order chi connectivity index (χ0) is 21.7. The molecule has 4 nitrogen and oxygen atoms in total. The Morgan fingerprint density at radius 3 is 2.10 bits per heavy atom. The third kappa shape index (κ3) is 4.48. The lowest BCUT2D eigenvalue weighted by Gasteiger charge is -2.35. The van der Waals surface area contributed by atoms with Crippen LogP contribution in [0, 0.1) is 5.92 Å². The summed E-state index contributed by atoms with van der Waals surface area (Å²) >= 11 is 0. The molecule has 2 heterocycles. The molecular formula is C27H27N3O. The molecule has 0 aliphatic heterocycles. The van der Waals surface area contributed by atoms with Crippen LogP contribution in [0.25, 0.3) is 11.3 Å². The lowest BCUT2D eigenvalue weighted by molar-refractivity contribution is 0.301. The molecule has 1 unspecified atom stereocenters. The van der Waals surface area contributed by atoms with Crippen molar-refractivity contribution in [3.8, 4) is 17.0 Å². The molecule has 0 saturated heterocycles. The highest BCUT2D eigenvalue weighted by Gasteiger charge is 2.32. The van der Waals surface area contributed by atoms with Crippen LogP contribution in [0.5, 0.6) is 5.75 Å². The van der Waals surface area contributed by atoms with Crippen molar-refractivity contribution < 1.29 is 4.74 Å². The Morgan fingerprint density at radius 1 is 0.806 bits per heavy atom. The van der Waals surface area contributed by atoms with E-state index in [4.69, 9.17) is 4.74 Å². The predicted octanol–water partition coefficient (Wildman–Crippen LogP) is 6.08. The van der Waals surface area contributed by atoms with E-state index in [1.54, 1.807) is 24.8 Å². The van der Waals surface area contributed by atoms with Crippen LogP contribution in [0.3, 0.4) is 0 Å². The van der Waals surface area contributed by atoms with Gasteiger partial charge in [-0.1, -0.05) is 63.2 Å². The van der Waals surface area contributed by atoms with Crippen LogP contribution in [0.2, 0.25) is 0 Å². The molecule has 4 rings (SSSR count). The molecule has 4 heteroatoms. The molecule has 0 aliphatic carbocycles. The number of rotatable bonds is 7. The van der Waals surface area contributed by atoms with Crippen LogP contribution < -0.4 is 4.74 Å². The highest BCUT2D eigenvalue weighted by Crippen LogP contribution is 2.40. The molecule has 2 aromatic heterocycles. The van der Waals surface area contributed by atoms with Gasteiger partial charge in [-0.25, -0.2) is 0 Å². The Kier molecular flexibility index (Phi) is 6.08. The van der Waals surface area contributed by atoms with Crippen LogP contribution in [-0.4, -0.2) is 15.0 Å². The monoisotopic (exact) mass is 409 g/mol. The summed E-state index contributed by atoms with van der Waals surface area (Å²) in [5.74, 6) is 1.26. The zero-order valence-corrected chi connectivity index (χ0v) is 18.2. The lowest BCUT2D eigenvalue weighted by Crippen LogP contribution is -2.30. The van der Waals surface area contributed by atoms with Gasteiger partial charge in [0.1, 0.15) is 12.4 Å². The van der Waals surface area contributed by atoms with Gasteiger partial charge >= 0.3 is 0 Å². The maximum Gasteiger partial charge on any atom is 0.130 e. The number of ether oxygens (including phenoxy) is 1. The molecule has 0 saturated carbocycles. The summed E-state index contributed by atoms with van der Waals surface area (Å²) in [5, 5.41) is 0. The Balaban J connectivity index is 1.56. The van der Waals surface area contributed by atoms with Crippen molar-refractivity contribution in [1.82, 2.24) is 15.0 Å². The van der Waals surface area contributed by atoms with Crippen molar-refractivity contribution in [2.75, 3.05) is 0 Å². The SMILES string of the molecule is CC(C)C(C)(c1ccc(OCc2ccccn2)cc1)c1ccc(-c2cnccn2)cc1. The molecule has 156 valence electrons. The Morgan fingerprint density at radius 2 is 1.52 bits per heavy atom. The lowest BCUT2D eigenvalue weighted by atomic mass is 9.68. The van der Waals surface area contributed by atoms with Crippen molar-refractivity contribution in [3.63, 3.8) is 0 Å². The standard InChI is InChI=1S/C27H27N3O/c1-20(2)27(3,22-9-7-21(8-10-22)26-18-28-16-17-30-26)23-11-13-25(14-12-23)31-19-24-6-4-5-15-29-24/h4-18,20H,19H2,1-3H3. The number of hydrogen-bond donors (Lipinski definition) is 0. The number of hydrogen-bond acceptors (Lipinski definition) is 4. The van der Waals surface area contributed by atoms with Gasteiger partial charge in [-0.05, 0) is 41.3 Å². The molecule has 0 spiro atoms. The van der Waals surface area contributed by atoms with Gasteiger partial charge in [0.15, 0.2) is 0 Å². The van der Waals surface area contributed by atoms with E-state index in [2.05, 4.69) is 72.1 Å². The largest absolute Gasteiger partial charge is 0.487 e. The van der Waals surface area contributed by atoms with Crippen molar-refractivity contribution in [1.29, 1.82) is 0 Å². The van der Waals surface area contributed by atoms with Gasteiger partial charge in [0.05, 0.1) is 17.6 Å². The summed E-state index contributed by atoms with van der Waals surface area (Å²) < 4.78 is 5.92. The topological polar surface area (TPSA) is 47.9 Å². The maximum absolute atomic E-state index is 5.92. The van der Waals surface area contributed by atoms with E-state index in [9.17, 15) is 0 Å². The Labute approximate surface area is 184 Å². The van der Waals surface area contributed by atoms with Crippen LogP contribution in [0.4, 0.5) is 0 Å². The first kappa shape index (κ1) is 20.7. The fourth-order valence-corrected chi connectivity index (χ4v) is 3.81. The van der Waals surface area contributed by atoms with E-state index in [0.29, 0.717) is 12.5 Å². The first-order chi connectivity index (χ1) is 15.1. The molecule has 0 bridgehead atoms. The Hall–Kier alpha value is -3.53. The first-order valence-electron chi connectivity index (χ1n) is 10.6. The van der Waals surface area contributed by atoms with Crippen LogP contribution in [0.1, 0.15) is 37.6 Å². The van der Waals surface area contributed by atoms with Gasteiger partial charge in [0, 0.05) is 29.6 Å². The van der Waals surface area contributed by atoms with Gasteiger partial charge in [-0.3, -0.25) is 15.0 Å². The highest BCUT2D eigenvalue weighted by atomic mass is 16.5. The summed E-state index contributed by atoms with van der Waals surface area (Å²) in [6.45, 7) is 7.30. The molecule has 0 aliphatic rings. The normalized spacial score (nSPS) is 13.0. The third-order valence-electron chi connectivity index (χ3n) is 6.07. The highest BCUT2D eigenvalue weighted by molar-refractivity contribution is 5.59. The second-order valence-corrected chi connectivity index (χ2v) is 8.16. The van der Waals surface area contributed by atoms with E-state index in [0.717, 1.165) is 22.7 Å². The number of pyridine rings is 1. The quantitative estimate of drug-likeness (QED) is 0.371. The van der Waals surface area contributed by atoms with Gasteiger partial charge in [-0.15, -0.1) is 0 Å². The summed E-state index contributed by atoms with van der Waals surface area (Å²) in [4.78, 5) is 12.9. The van der Waals surface area contributed by atoms with E-state index >= 15 is 0 Å². The minimum absolute atomic E-state index is 0.125. The Bertz CT molecular complexity index is 1090.